The maximum absolute atomic E-state index is 12.7. The minimum absolute atomic E-state index is 0.349. The fraction of sp³-hybridized carbons (Fsp3) is 0.368. The smallest absolute Gasteiger partial charge is 0.280 e. The maximum atomic E-state index is 12.7. The Kier molecular flexibility index (Phi) is 5.27. The van der Waals surface area contributed by atoms with Gasteiger partial charge in [-0.3, -0.25) is 13.9 Å². The Morgan fingerprint density at radius 2 is 1.73 bits per heavy atom. The van der Waals surface area contributed by atoms with Crippen molar-refractivity contribution in [1.29, 1.82) is 0 Å². The first-order chi connectivity index (χ1) is 12.4. The van der Waals surface area contributed by atoms with E-state index in [1.54, 1.807) is 18.8 Å². The second-order valence-electron chi connectivity index (χ2n) is 6.32. The summed E-state index contributed by atoms with van der Waals surface area (Å²) in [5, 5.41) is 1.04. The van der Waals surface area contributed by atoms with Crippen LogP contribution in [0.25, 0.3) is 22.4 Å². The number of aryl methyl sites for hydroxylation is 2. The van der Waals surface area contributed by atoms with Gasteiger partial charge in [-0.15, -0.1) is 11.8 Å². The molecule has 26 heavy (non-hydrogen) atoms. The van der Waals surface area contributed by atoms with Gasteiger partial charge in [0, 0.05) is 19.7 Å². The molecule has 0 bridgehead atoms. The van der Waals surface area contributed by atoms with Crippen LogP contribution in [0.1, 0.15) is 25.3 Å². The number of thioether (sulfide) groups is 1. The summed E-state index contributed by atoms with van der Waals surface area (Å²) in [5.74, 6) is 1.39. The Hall–Kier alpha value is -2.41. The minimum atomic E-state index is -0.388. The van der Waals surface area contributed by atoms with Crippen LogP contribution in [0.2, 0.25) is 0 Å². The number of unbranched alkanes of at least 4 members (excludes halogenated alkanes) is 1. The summed E-state index contributed by atoms with van der Waals surface area (Å²) in [5.41, 5.74) is 1.65. The maximum Gasteiger partial charge on any atom is 0.332 e. The lowest BCUT2D eigenvalue weighted by Crippen LogP contribution is -2.37. The number of hydrogen-bond acceptors (Lipinski definition) is 5. The van der Waals surface area contributed by atoms with Crippen LogP contribution in [0.3, 0.4) is 0 Å². The van der Waals surface area contributed by atoms with Crippen LogP contribution in [-0.2, 0) is 14.1 Å². The molecular formula is C19H22N4O2S. The largest absolute Gasteiger partial charge is 0.332 e. The molecular weight excluding hydrogens is 348 g/mol. The van der Waals surface area contributed by atoms with E-state index < -0.39 is 0 Å². The van der Waals surface area contributed by atoms with E-state index in [9.17, 15) is 9.59 Å². The molecule has 2 aromatic heterocycles. The molecule has 6 nitrogen and oxygen atoms in total. The summed E-state index contributed by atoms with van der Waals surface area (Å²) >= 11 is 1.54. The summed E-state index contributed by atoms with van der Waals surface area (Å²) in [6.07, 6.45) is 2.10. The molecule has 0 radical (unpaired) electrons. The molecule has 0 saturated heterocycles. The zero-order valence-electron chi connectivity index (χ0n) is 15.4. The highest BCUT2D eigenvalue weighted by Crippen LogP contribution is 2.26. The van der Waals surface area contributed by atoms with Crippen molar-refractivity contribution < 1.29 is 0 Å². The highest BCUT2D eigenvalue weighted by atomic mass is 32.2. The SMILES string of the molecule is CCCCSc1nc(-c2ccc(C)cc2)nc2c1c(=O)n(C)c(=O)n2C. The number of rotatable bonds is 5. The molecule has 3 aromatic rings. The van der Waals surface area contributed by atoms with Gasteiger partial charge in [0.25, 0.3) is 5.56 Å². The van der Waals surface area contributed by atoms with Crippen LogP contribution in [-0.4, -0.2) is 24.9 Å². The van der Waals surface area contributed by atoms with Crippen molar-refractivity contribution >= 4 is 22.8 Å². The monoisotopic (exact) mass is 370 g/mol. The predicted molar refractivity (Wildman–Crippen MR) is 106 cm³/mol. The summed E-state index contributed by atoms with van der Waals surface area (Å²) < 4.78 is 2.53. The molecule has 3 rings (SSSR count). The molecule has 0 amide bonds. The Balaban J connectivity index is 2.30. The number of aromatic nitrogens is 4. The standard InChI is InChI=1S/C19H22N4O2S/c1-5-6-11-26-17-14-16(22(3)19(25)23(4)18(14)24)20-15(21-17)13-9-7-12(2)8-10-13/h7-10H,5-6,11H2,1-4H3. The molecule has 0 unspecified atom stereocenters. The van der Waals surface area contributed by atoms with Gasteiger partial charge in [-0.25, -0.2) is 14.8 Å². The number of fused-ring (bicyclic) bond motifs is 1. The highest BCUT2D eigenvalue weighted by molar-refractivity contribution is 7.99. The first kappa shape index (κ1) is 18.4. The van der Waals surface area contributed by atoms with Gasteiger partial charge in [-0.2, -0.15) is 0 Å². The van der Waals surface area contributed by atoms with E-state index in [0.717, 1.165) is 34.3 Å². The van der Waals surface area contributed by atoms with Crippen LogP contribution in [0, 0.1) is 6.92 Å². The highest BCUT2D eigenvalue weighted by Gasteiger charge is 2.18. The Morgan fingerprint density at radius 3 is 2.38 bits per heavy atom. The van der Waals surface area contributed by atoms with Crippen LogP contribution in [0.5, 0.6) is 0 Å². The topological polar surface area (TPSA) is 69.8 Å². The fourth-order valence-electron chi connectivity index (χ4n) is 2.68. The molecule has 0 aliphatic carbocycles. The molecule has 0 aliphatic rings. The van der Waals surface area contributed by atoms with Gasteiger partial charge in [0.2, 0.25) is 0 Å². The lowest BCUT2D eigenvalue weighted by Gasteiger charge is -2.12. The third-order valence-corrected chi connectivity index (χ3v) is 5.37. The quantitative estimate of drug-likeness (QED) is 0.392. The number of nitrogens with zero attached hydrogens (tertiary/aromatic N) is 4. The van der Waals surface area contributed by atoms with Crippen molar-refractivity contribution in [3.8, 4) is 11.4 Å². The van der Waals surface area contributed by atoms with Gasteiger partial charge in [-0.1, -0.05) is 43.2 Å². The fourth-order valence-corrected chi connectivity index (χ4v) is 3.78. The molecule has 0 atom stereocenters. The van der Waals surface area contributed by atoms with Gasteiger partial charge >= 0.3 is 5.69 Å². The van der Waals surface area contributed by atoms with Gasteiger partial charge in [-0.05, 0) is 19.1 Å². The second-order valence-corrected chi connectivity index (χ2v) is 7.41. The predicted octanol–water partition coefficient (Wildman–Crippen LogP) is 2.89. The van der Waals surface area contributed by atoms with Crippen LogP contribution < -0.4 is 11.2 Å². The molecule has 7 heteroatoms. The zero-order valence-corrected chi connectivity index (χ0v) is 16.3. The normalized spacial score (nSPS) is 11.2. The summed E-state index contributed by atoms with van der Waals surface area (Å²) in [6.45, 7) is 4.14. The molecule has 2 heterocycles. The first-order valence-electron chi connectivity index (χ1n) is 8.61. The Morgan fingerprint density at radius 1 is 1.04 bits per heavy atom. The van der Waals surface area contributed by atoms with E-state index in [0.29, 0.717) is 21.9 Å². The Labute approximate surface area is 155 Å². The van der Waals surface area contributed by atoms with Crippen molar-refractivity contribution in [3.63, 3.8) is 0 Å². The molecule has 136 valence electrons. The summed E-state index contributed by atoms with van der Waals surface area (Å²) in [7, 11) is 3.12. The lowest BCUT2D eigenvalue weighted by molar-refractivity contribution is 0.703. The summed E-state index contributed by atoms with van der Waals surface area (Å²) in [6, 6.07) is 7.90. The van der Waals surface area contributed by atoms with Gasteiger partial charge in [0.15, 0.2) is 11.5 Å². The van der Waals surface area contributed by atoms with Crippen molar-refractivity contribution in [2.75, 3.05) is 5.75 Å². The van der Waals surface area contributed by atoms with E-state index in [-0.39, 0.29) is 11.2 Å². The van der Waals surface area contributed by atoms with E-state index in [2.05, 4.69) is 16.9 Å². The molecule has 0 fully saturated rings. The average molecular weight is 370 g/mol. The van der Waals surface area contributed by atoms with Crippen LogP contribution in [0.4, 0.5) is 0 Å². The van der Waals surface area contributed by atoms with Crippen molar-refractivity contribution in [2.45, 2.75) is 31.7 Å². The average Bonchev–Trinajstić information content (AvgIpc) is 2.65. The van der Waals surface area contributed by atoms with E-state index in [1.807, 2.05) is 31.2 Å². The molecule has 0 spiro atoms. The van der Waals surface area contributed by atoms with Crippen LogP contribution >= 0.6 is 11.8 Å². The van der Waals surface area contributed by atoms with Crippen molar-refractivity contribution in [3.05, 3.63) is 50.7 Å². The zero-order chi connectivity index (χ0) is 18.8. The molecule has 1 aromatic carbocycles. The minimum Gasteiger partial charge on any atom is -0.280 e. The van der Waals surface area contributed by atoms with Gasteiger partial charge < -0.3 is 0 Å². The third-order valence-electron chi connectivity index (χ3n) is 4.31. The van der Waals surface area contributed by atoms with Crippen LogP contribution in [0.15, 0.2) is 38.9 Å². The summed E-state index contributed by atoms with van der Waals surface area (Å²) in [4.78, 5) is 34.2. The number of benzene rings is 1. The van der Waals surface area contributed by atoms with Gasteiger partial charge in [0.1, 0.15) is 10.4 Å². The second kappa shape index (κ2) is 7.45. The van der Waals surface area contributed by atoms with Crippen molar-refractivity contribution in [1.82, 2.24) is 19.1 Å². The third kappa shape index (κ3) is 3.31. The van der Waals surface area contributed by atoms with E-state index >= 15 is 0 Å². The number of hydrogen-bond donors (Lipinski definition) is 0. The molecule has 0 N–H and O–H groups in total. The van der Waals surface area contributed by atoms with Gasteiger partial charge in [0.05, 0.1) is 0 Å². The molecule has 0 saturated carbocycles. The first-order valence-corrected chi connectivity index (χ1v) is 9.60. The lowest BCUT2D eigenvalue weighted by atomic mass is 10.1. The molecule has 0 aliphatic heterocycles. The van der Waals surface area contributed by atoms with E-state index in [1.165, 1.54) is 11.6 Å². The van der Waals surface area contributed by atoms with E-state index in [4.69, 9.17) is 0 Å². The Bertz CT molecular complexity index is 1070. The van der Waals surface area contributed by atoms with Crippen molar-refractivity contribution in [2.24, 2.45) is 14.1 Å².